The number of nitrogens with zero attached hydrogens (tertiary/aromatic N) is 1. The minimum atomic E-state index is -1.18. The zero-order chi connectivity index (χ0) is 22.0. The number of hydrogen-bond donors (Lipinski definition) is 1. The van der Waals surface area contributed by atoms with Crippen LogP contribution in [0.25, 0.3) is 11.1 Å². The fourth-order valence-corrected chi connectivity index (χ4v) is 4.38. The molecule has 1 N–H and O–H groups in total. The van der Waals surface area contributed by atoms with Gasteiger partial charge in [0.2, 0.25) is 0 Å². The smallest absolute Gasteiger partial charge is 0.410 e. The van der Waals surface area contributed by atoms with E-state index in [1.807, 2.05) is 48.5 Å². The van der Waals surface area contributed by atoms with Gasteiger partial charge in [-0.2, -0.15) is 0 Å². The molecule has 2 unspecified atom stereocenters. The molecule has 31 heavy (non-hydrogen) atoms. The van der Waals surface area contributed by atoms with Gasteiger partial charge in [0.15, 0.2) is 0 Å². The summed E-state index contributed by atoms with van der Waals surface area (Å²) in [5.41, 5.74) is 4.39. The highest BCUT2D eigenvalue weighted by molar-refractivity contribution is 5.81. The van der Waals surface area contributed by atoms with Gasteiger partial charge in [0, 0.05) is 18.9 Å². The standard InChI is InChI=1S/C25H24FNO4/c1-27(23(24(28)29)14-16-8-2-7-13-22(16)26)25(30)31-15-21-19-11-5-3-9-17(19)18-10-4-6-12-20(18)21/h2-7,9-13,16,21,23H,8,14-15H2,1H3,(H,28,29). The van der Waals surface area contributed by atoms with E-state index in [1.165, 1.54) is 13.1 Å². The topological polar surface area (TPSA) is 66.8 Å². The number of hydrogen-bond acceptors (Lipinski definition) is 3. The Morgan fingerprint density at radius 3 is 2.32 bits per heavy atom. The van der Waals surface area contributed by atoms with Crippen molar-refractivity contribution in [1.82, 2.24) is 4.90 Å². The summed E-state index contributed by atoms with van der Waals surface area (Å²) in [7, 11) is 1.39. The number of halogens is 1. The molecule has 0 heterocycles. The van der Waals surface area contributed by atoms with Gasteiger partial charge in [-0.1, -0.05) is 60.7 Å². The first-order valence-corrected chi connectivity index (χ1v) is 10.3. The molecule has 0 fully saturated rings. The number of carboxylic acids is 1. The molecule has 0 saturated carbocycles. The quantitative estimate of drug-likeness (QED) is 0.701. The second-order valence-electron chi connectivity index (χ2n) is 7.92. The van der Waals surface area contributed by atoms with Crippen molar-refractivity contribution >= 4 is 12.1 Å². The predicted octanol–water partition coefficient (Wildman–Crippen LogP) is 5.14. The van der Waals surface area contributed by atoms with Crippen LogP contribution in [0, 0.1) is 5.92 Å². The monoisotopic (exact) mass is 421 g/mol. The molecule has 6 heteroatoms. The zero-order valence-corrected chi connectivity index (χ0v) is 17.2. The number of carbonyl (C=O) groups excluding carboxylic acids is 1. The Morgan fingerprint density at radius 1 is 1.13 bits per heavy atom. The predicted molar refractivity (Wildman–Crippen MR) is 115 cm³/mol. The van der Waals surface area contributed by atoms with Gasteiger partial charge in [-0.15, -0.1) is 0 Å². The van der Waals surface area contributed by atoms with Crippen molar-refractivity contribution in [2.24, 2.45) is 5.92 Å². The molecule has 2 aliphatic rings. The summed E-state index contributed by atoms with van der Waals surface area (Å²) in [4.78, 5) is 25.6. The zero-order valence-electron chi connectivity index (χ0n) is 17.2. The van der Waals surface area contributed by atoms with Gasteiger partial charge in [0.05, 0.1) is 0 Å². The van der Waals surface area contributed by atoms with E-state index in [-0.39, 0.29) is 24.8 Å². The largest absolute Gasteiger partial charge is 0.480 e. The Balaban J connectivity index is 1.46. The molecular weight excluding hydrogens is 397 g/mol. The van der Waals surface area contributed by atoms with Crippen LogP contribution in [0.3, 0.4) is 0 Å². The molecular formula is C25H24FNO4. The van der Waals surface area contributed by atoms with Crippen LogP contribution in [0.1, 0.15) is 29.9 Å². The average molecular weight is 421 g/mol. The van der Waals surface area contributed by atoms with Crippen molar-refractivity contribution in [3.8, 4) is 11.1 Å². The molecule has 0 spiro atoms. The van der Waals surface area contributed by atoms with Gasteiger partial charge in [-0.05, 0) is 41.2 Å². The molecule has 2 aromatic carbocycles. The number of benzene rings is 2. The highest BCUT2D eigenvalue weighted by Gasteiger charge is 2.34. The van der Waals surface area contributed by atoms with Crippen LogP contribution in [0.15, 0.2) is 72.6 Å². The average Bonchev–Trinajstić information content (AvgIpc) is 3.10. The minimum Gasteiger partial charge on any atom is -0.480 e. The van der Waals surface area contributed by atoms with Crippen LogP contribution in [0.5, 0.6) is 0 Å². The van der Waals surface area contributed by atoms with E-state index in [1.54, 1.807) is 12.2 Å². The molecule has 5 nitrogen and oxygen atoms in total. The second kappa shape index (κ2) is 8.76. The summed E-state index contributed by atoms with van der Waals surface area (Å²) in [6, 6.07) is 14.8. The third-order valence-corrected chi connectivity index (χ3v) is 6.09. The fourth-order valence-electron chi connectivity index (χ4n) is 4.38. The summed E-state index contributed by atoms with van der Waals surface area (Å²) in [6.45, 7) is 0.101. The van der Waals surface area contributed by atoms with E-state index in [0.717, 1.165) is 27.2 Å². The number of ether oxygens (including phenoxy) is 1. The van der Waals surface area contributed by atoms with Gasteiger partial charge in [-0.3, -0.25) is 4.90 Å². The van der Waals surface area contributed by atoms with Crippen molar-refractivity contribution < 1.29 is 23.8 Å². The number of rotatable bonds is 6. The normalized spacial score (nSPS) is 18.0. The summed E-state index contributed by atoms with van der Waals surface area (Å²) in [5.74, 6) is -2.22. The SMILES string of the molecule is CN(C(=O)OCC1c2ccccc2-c2ccccc21)C(CC1CC=CC=C1F)C(=O)O. The maximum atomic E-state index is 14.1. The van der Waals surface area contributed by atoms with Gasteiger partial charge < -0.3 is 9.84 Å². The molecule has 2 atom stereocenters. The number of allylic oxidation sites excluding steroid dienone is 4. The first-order valence-electron chi connectivity index (χ1n) is 10.3. The number of carbonyl (C=O) groups is 2. The van der Waals surface area contributed by atoms with Gasteiger partial charge in [0.1, 0.15) is 18.5 Å². The summed E-state index contributed by atoms with van der Waals surface area (Å²) >= 11 is 0. The van der Waals surface area contributed by atoms with Crippen LogP contribution in [0.2, 0.25) is 0 Å². The summed E-state index contributed by atoms with van der Waals surface area (Å²) in [6.07, 6.45) is 4.40. The Kier molecular flexibility index (Phi) is 5.89. The lowest BCUT2D eigenvalue weighted by Gasteiger charge is -2.28. The van der Waals surface area contributed by atoms with E-state index in [0.29, 0.717) is 6.42 Å². The Bertz CT molecular complexity index is 1020. The van der Waals surface area contributed by atoms with Gasteiger partial charge in [-0.25, -0.2) is 14.0 Å². The molecule has 0 saturated heterocycles. The molecule has 2 aliphatic carbocycles. The van der Waals surface area contributed by atoms with Crippen LogP contribution in [0.4, 0.5) is 9.18 Å². The third kappa shape index (κ3) is 4.10. The molecule has 0 bridgehead atoms. The lowest BCUT2D eigenvalue weighted by molar-refractivity contribution is -0.142. The third-order valence-electron chi connectivity index (χ3n) is 6.09. The number of likely N-dealkylation sites (N-methyl/N-ethyl adjacent to an activating group) is 1. The van der Waals surface area contributed by atoms with Crippen LogP contribution in [-0.4, -0.2) is 41.8 Å². The lowest BCUT2D eigenvalue weighted by Crippen LogP contribution is -2.44. The van der Waals surface area contributed by atoms with Crippen molar-refractivity contribution in [2.75, 3.05) is 13.7 Å². The Labute approximate surface area is 180 Å². The molecule has 0 aliphatic heterocycles. The van der Waals surface area contributed by atoms with E-state index in [2.05, 4.69) is 0 Å². The van der Waals surface area contributed by atoms with Crippen LogP contribution in [-0.2, 0) is 9.53 Å². The van der Waals surface area contributed by atoms with E-state index in [9.17, 15) is 19.1 Å². The van der Waals surface area contributed by atoms with Crippen LogP contribution < -0.4 is 0 Å². The highest BCUT2D eigenvalue weighted by Crippen LogP contribution is 2.44. The maximum Gasteiger partial charge on any atom is 0.410 e. The van der Waals surface area contributed by atoms with E-state index in [4.69, 9.17) is 4.74 Å². The molecule has 2 aromatic rings. The number of carboxylic acid groups (broad SMARTS) is 1. The lowest BCUT2D eigenvalue weighted by atomic mass is 9.92. The number of aliphatic carboxylic acids is 1. The summed E-state index contributed by atoms with van der Waals surface area (Å²) < 4.78 is 19.6. The van der Waals surface area contributed by atoms with Crippen molar-refractivity contribution in [2.45, 2.75) is 24.8 Å². The second-order valence-corrected chi connectivity index (χ2v) is 7.92. The number of amides is 1. The Hall–Kier alpha value is -3.41. The van der Waals surface area contributed by atoms with Crippen molar-refractivity contribution in [3.63, 3.8) is 0 Å². The van der Waals surface area contributed by atoms with Crippen molar-refractivity contribution in [3.05, 3.63) is 83.7 Å². The van der Waals surface area contributed by atoms with Crippen LogP contribution >= 0.6 is 0 Å². The first kappa shape index (κ1) is 20.8. The molecule has 0 radical (unpaired) electrons. The Morgan fingerprint density at radius 2 is 1.74 bits per heavy atom. The molecule has 160 valence electrons. The highest BCUT2D eigenvalue weighted by atomic mass is 19.1. The van der Waals surface area contributed by atoms with Crippen molar-refractivity contribution in [1.29, 1.82) is 0 Å². The summed E-state index contributed by atoms with van der Waals surface area (Å²) in [5, 5.41) is 9.64. The molecule has 1 amide bonds. The van der Waals surface area contributed by atoms with E-state index >= 15 is 0 Å². The van der Waals surface area contributed by atoms with E-state index < -0.39 is 24.0 Å². The van der Waals surface area contributed by atoms with Gasteiger partial charge in [0.25, 0.3) is 0 Å². The minimum absolute atomic E-state index is 0.0112. The fraction of sp³-hybridized carbons (Fsp3) is 0.280. The van der Waals surface area contributed by atoms with Gasteiger partial charge >= 0.3 is 12.1 Å². The number of fused-ring (bicyclic) bond motifs is 3. The molecule has 0 aromatic heterocycles. The first-order chi connectivity index (χ1) is 15.0. The maximum absolute atomic E-state index is 14.1. The molecule has 4 rings (SSSR count).